The van der Waals surface area contributed by atoms with E-state index in [9.17, 15) is 4.79 Å². The average Bonchev–Trinajstić information content (AvgIpc) is 2.38. The predicted octanol–water partition coefficient (Wildman–Crippen LogP) is 1.34. The zero-order valence-corrected chi connectivity index (χ0v) is 10.1. The van der Waals surface area contributed by atoms with Crippen LogP contribution in [0.3, 0.4) is 0 Å². The van der Waals surface area contributed by atoms with Gasteiger partial charge in [-0.15, -0.1) is 0 Å². The van der Waals surface area contributed by atoms with Gasteiger partial charge in [0.15, 0.2) is 0 Å². The Bertz CT molecular complexity index is 335. The van der Waals surface area contributed by atoms with Crippen molar-refractivity contribution in [1.29, 1.82) is 0 Å². The van der Waals surface area contributed by atoms with E-state index in [-0.39, 0.29) is 12.6 Å². The van der Waals surface area contributed by atoms with Gasteiger partial charge in [0, 0.05) is 13.2 Å². The standard InChI is InChI=1S/C13H19NO3/c1-17-13(16)12-6-4-11(5-7-12)10-14-8-2-3-9-15/h4-7,14-15H,2-3,8-10H2,1H3. The Kier molecular flexibility index (Phi) is 6.29. The van der Waals surface area contributed by atoms with E-state index in [1.54, 1.807) is 12.1 Å². The Morgan fingerprint density at radius 1 is 1.29 bits per heavy atom. The van der Waals surface area contributed by atoms with Crippen LogP contribution in [0, 0.1) is 0 Å². The fourth-order valence-corrected chi connectivity index (χ4v) is 1.47. The highest BCUT2D eigenvalue weighted by Gasteiger charge is 2.03. The molecule has 0 heterocycles. The van der Waals surface area contributed by atoms with Crippen LogP contribution in [0.1, 0.15) is 28.8 Å². The molecule has 1 rings (SSSR count). The van der Waals surface area contributed by atoms with Gasteiger partial charge in [-0.25, -0.2) is 4.79 Å². The molecule has 0 aromatic heterocycles. The lowest BCUT2D eigenvalue weighted by atomic mass is 10.1. The maximum Gasteiger partial charge on any atom is 0.337 e. The van der Waals surface area contributed by atoms with E-state index in [1.807, 2.05) is 12.1 Å². The molecule has 94 valence electrons. The van der Waals surface area contributed by atoms with Crippen LogP contribution in [0.2, 0.25) is 0 Å². The molecule has 0 saturated carbocycles. The second kappa shape index (κ2) is 7.81. The van der Waals surface area contributed by atoms with E-state index in [0.29, 0.717) is 5.56 Å². The maximum atomic E-state index is 11.2. The lowest BCUT2D eigenvalue weighted by Gasteiger charge is -2.05. The van der Waals surface area contributed by atoms with E-state index < -0.39 is 0 Å². The lowest BCUT2D eigenvalue weighted by Crippen LogP contribution is -2.15. The number of ether oxygens (including phenoxy) is 1. The van der Waals surface area contributed by atoms with E-state index in [4.69, 9.17) is 5.11 Å². The van der Waals surface area contributed by atoms with Gasteiger partial charge in [-0.05, 0) is 37.1 Å². The summed E-state index contributed by atoms with van der Waals surface area (Å²) in [7, 11) is 1.37. The summed E-state index contributed by atoms with van der Waals surface area (Å²) in [4.78, 5) is 11.2. The molecule has 0 radical (unpaired) electrons. The number of aliphatic hydroxyl groups excluding tert-OH is 1. The summed E-state index contributed by atoms with van der Waals surface area (Å²) in [5, 5.41) is 11.9. The smallest absolute Gasteiger partial charge is 0.337 e. The summed E-state index contributed by atoms with van der Waals surface area (Å²) < 4.78 is 4.62. The van der Waals surface area contributed by atoms with Crippen molar-refractivity contribution in [3.05, 3.63) is 35.4 Å². The van der Waals surface area contributed by atoms with E-state index in [2.05, 4.69) is 10.1 Å². The minimum absolute atomic E-state index is 0.246. The first-order chi connectivity index (χ1) is 8.27. The molecule has 0 bridgehead atoms. The third kappa shape index (κ3) is 4.97. The molecule has 0 aliphatic heterocycles. The highest BCUT2D eigenvalue weighted by atomic mass is 16.5. The van der Waals surface area contributed by atoms with Crippen LogP contribution in [0.25, 0.3) is 0 Å². The molecule has 0 amide bonds. The van der Waals surface area contributed by atoms with Gasteiger partial charge in [0.2, 0.25) is 0 Å². The summed E-state index contributed by atoms with van der Waals surface area (Å²) in [5.74, 6) is -0.313. The fourth-order valence-electron chi connectivity index (χ4n) is 1.47. The number of methoxy groups -OCH3 is 1. The number of esters is 1. The fraction of sp³-hybridized carbons (Fsp3) is 0.462. The van der Waals surface area contributed by atoms with E-state index in [1.165, 1.54) is 7.11 Å². The number of nitrogens with one attached hydrogen (secondary N) is 1. The number of carbonyl (C=O) groups excluding carboxylic acids is 1. The topological polar surface area (TPSA) is 58.6 Å². The zero-order valence-electron chi connectivity index (χ0n) is 10.1. The van der Waals surface area contributed by atoms with Crippen LogP contribution in [0.4, 0.5) is 0 Å². The van der Waals surface area contributed by atoms with Crippen molar-refractivity contribution in [3.8, 4) is 0 Å². The largest absolute Gasteiger partial charge is 0.465 e. The Morgan fingerprint density at radius 2 is 2.00 bits per heavy atom. The van der Waals surface area contributed by atoms with Gasteiger partial charge < -0.3 is 15.2 Å². The van der Waals surface area contributed by atoms with Crippen molar-refractivity contribution in [2.45, 2.75) is 19.4 Å². The highest BCUT2D eigenvalue weighted by molar-refractivity contribution is 5.89. The van der Waals surface area contributed by atoms with Crippen molar-refractivity contribution in [2.24, 2.45) is 0 Å². The van der Waals surface area contributed by atoms with Gasteiger partial charge in [-0.1, -0.05) is 12.1 Å². The first-order valence-corrected chi connectivity index (χ1v) is 5.76. The molecule has 17 heavy (non-hydrogen) atoms. The van der Waals surface area contributed by atoms with Crippen LogP contribution in [-0.2, 0) is 11.3 Å². The summed E-state index contributed by atoms with van der Waals surface area (Å²) >= 11 is 0. The number of carbonyl (C=O) groups is 1. The average molecular weight is 237 g/mol. The minimum Gasteiger partial charge on any atom is -0.465 e. The lowest BCUT2D eigenvalue weighted by molar-refractivity contribution is 0.0600. The summed E-state index contributed by atoms with van der Waals surface area (Å²) in [6.45, 7) is 1.90. The van der Waals surface area contributed by atoms with Crippen LogP contribution in [0.15, 0.2) is 24.3 Å². The third-order valence-corrected chi connectivity index (χ3v) is 2.47. The molecule has 0 fully saturated rings. The first kappa shape index (κ1) is 13.7. The Hall–Kier alpha value is -1.39. The first-order valence-electron chi connectivity index (χ1n) is 5.76. The van der Waals surface area contributed by atoms with Gasteiger partial charge in [0.1, 0.15) is 0 Å². The highest BCUT2D eigenvalue weighted by Crippen LogP contribution is 2.05. The van der Waals surface area contributed by atoms with Crippen molar-refractivity contribution in [1.82, 2.24) is 5.32 Å². The normalized spacial score (nSPS) is 10.2. The molecule has 0 saturated heterocycles. The van der Waals surface area contributed by atoms with Crippen LogP contribution in [0.5, 0.6) is 0 Å². The van der Waals surface area contributed by atoms with Gasteiger partial charge >= 0.3 is 5.97 Å². The van der Waals surface area contributed by atoms with Crippen LogP contribution < -0.4 is 5.32 Å². The Balaban J connectivity index is 2.33. The molecule has 1 aromatic rings. The number of unbranched alkanes of at least 4 members (excludes halogenated alkanes) is 1. The Morgan fingerprint density at radius 3 is 2.59 bits per heavy atom. The monoisotopic (exact) mass is 237 g/mol. The quantitative estimate of drug-likeness (QED) is 0.555. The molecular weight excluding hydrogens is 218 g/mol. The van der Waals surface area contributed by atoms with Gasteiger partial charge in [-0.3, -0.25) is 0 Å². The molecule has 0 spiro atoms. The molecule has 2 N–H and O–H groups in total. The van der Waals surface area contributed by atoms with Gasteiger partial charge in [0.25, 0.3) is 0 Å². The molecule has 1 aromatic carbocycles. The third-order valence-electron chi connectivity index (χ3n) is 2.47. The van der Waals surface area contributed by atoms with Crippen molar-refractivity contribution < 1.29 is 14.6 Å². The molecule has 0 aliphatic rings. The summed E-state index contributed by atoms with van der Waals surface area (Å²) in [5.41, 5.74) is 1.69. The second-order valence-electron chi connectivity index (χ2n) is 3.80. The molecule has 4 nitrogen and oxygen atoms in total. The zero-order chi connectivity index (χ0) is 12.5. The number of hydrogen-bond acceptors (Lipinski definition) is 4. The Labute approximate surface area is 102 Å². The minimum atomic E-state index is -0.313. The second-order valence-corrected chi connectivity index (χ2v) is 3.80. The predicted molar refractivity (Wildman–Crippen MR) is 65.8 cm³/mol. The number of benzene rings is 1. The molecule has 0 unspecified atom stereocenters. The van der Waals surface area contributed by atoms with Gasteiger partial charge in [0.05, 0.1) is 12.7 Å². The van der Waals surface area contributed by atoms with Crippen molar-refractivity contribution >= 4 is 5.97 Å². The number of rotatable bonds is 7. The maximum absolute atomic E-state index is 11.2. The molecule has 0 atom stereocenters. The molecule has 0 aliphatic carbocycles. The SMILES string of the molecule is COC(=O)c1ccc(CNCCCCO)cc1. The summed E-state index contributed by atoms with van der Waals surface area (Å²) in [6, 6.07) is 7.34. The van der Waals surface area contributed by atoms with E-state index in [0.717, 1.165) is 31.5 Å². The summed E-state index contributed by atoms with van der Waals surface area (Å²) in [6.07, 6.45) is 1.80. The van der Waals surface area contributed by atoms with Crippen molar-refractivity contribution in [3.63, 3.8) is 0 Å². The number of aliphatic hydroxyl groups is 1. The van der Waals surface area contributed by atoms with Gasteiger partial charge in [-0.2, -0.15) is 0 Å². The molecule has 4 heteroatoms. The number of hydrogen-bond donors (Lipinski definition) is 2. The van der Waals surface area contributed by atoms with Crippen LogP contribution >= 0.6 is 0 Å². The van der Waals surface area contributed by atoms with E-state index >= 15 is 0 Å². The van der Waals surface area contributed by atoms with Crippen LogP contribution in [-0.4, -0.2) is 31.3 Å². The van der Waals surface area contributed by atoms with Crippen molar-refractivity contribution in [2.75, 3.05) is 20.3 Å². The molecular formula is C13H19NO3.